The minimum absolute atomic E-state index is 0.0256. The molecule has 0 aromatic carbocycles. The third kappa shape index (κ3) is 3.68. The molecule has 2 N–H and O–H groups in total. The van der Waals surface area contributed by atoms with Gasteiger partial charge in [-0.1, -0.05) is 0 Å². The predicted octanol–water partition coefficient (Wildman–Crippen LogP) is 0.914. The summed E-state index contributed by atoms with van der Waals surface area (Å²) in [6.45, 7) is 10.6. The quantitative estimate of drug-likeness (QED) is 0.752. The van der Waals surface area contributed by atoms with Crippen molar-refractivity contribution >= 4 is 5.91 Å². The molecule has 0 bridgehead atoms. The first-order valence-electron chi connectivity index (χ1n) is 6.86. The smallest absolute Gasteiger partial charge is 0.239 e. The van der Waals surface area contributed by atoms with Crippen LogP contribution in [0.3, 0.4) is 0 Å². The number of nitrogens with two attached hydrogens (primary N) is 1. The van der Waals surface area contributed by atoms with Crippen LogP contribution in [0.2, 0.25) is 0 Å². The molecule has 1 rings (SSSR count). The second-order valence-corrected chi connectivity index (χ2v) is 4.91. The third-order valence-electron chi connectivity index (χ3n) is 3.87. The second kappa shape index (κ2) is 6.97. The van der Waals surface area contributed by atoms with E-state index in [1.54, 1.807) is 0 Å². The zero-order chi connectivity index (χ0) is 12.8. The first-order valence-corrected chi connectivity index (χ1v) is 6.86. The van der Waals surface area contributed by atoms with Gasteiger partial charge in [-0.15, -0.1) is 0 Å². The zero-order valence-electron chi connectivity index (χ0n) is 11.5. The summed E-state index contributed by atoms with van der Waals surface area (Å²) in [5, 5.41) is 0. The molecule has 4 nitrogen and oxygen atoms in total. The topological polar surface area (TPSA) is 49.6 Å². The highest BCUT2D eigenvalue weighted by atomic mass is 16.2. The number of carbonyl (C=O) groups is 1. The first-order chi connectivity index (χ1) is 8.13. The van der Waals surface area contributed by atoms with Crippen molar-refractivity contribution < 1.29 is 4.79 Å². The van der Waals surface area contributed by atoms with E-state index in [4.69, 9.17) is 5.73 Å². The fourth-order valence-electron chi connectivity index (χ4n) is 2.64. The van der Waals surface area contributed by atoms with Crippen LogP contribution in [-0.4, -0.2) is 54.5 Å². The Balaban J connectivity index is 2.48. The summed E-state index contributed by atoms with van der Waals surface area (Å²) in [6, 6.07) is 0.0256. The molecule has 1 heterocycles. The highest BCUT2D eigenvalue weighted by molar-refractivity contribution is 5.81. The van der Waals surface area contributed by atoms with Crippen LogP contribution in [-0.2, 0) is 4.79 Å². The number of hydrogen-bond acceptors (Lipinski definition) is 3. The van der Waals surface area contributed by atoms with Gasteiger partial charge in [-0.2, -0.15) is 0 Å². The van der Waals surface area contributed by atoms with Crippen LogP contribution in [0.1, 0.15) is 33.6 Å². The maximum absolute atomic E-state index is 12.2. The lowest BCUT2D eigenvalue weighted by atomic mass is 10.1. The van der Waals surface area contributed by atoms with E-state index in [1.165, 1.54) is 6.42 Å². The fraction of sp³-hybridized carbons (Fsp3) is 0.923. The normalized spacial score (nSPS) is 22.7. The summed E-state index contributed by atoms with van der Waals surface area (Å²) >= 11 is 0. The van der Waals surface area contributed by atoms with Crippen molar-refractivity contribution in [3.63, 3.8) is 0 Å². The van der Waals surface area contributed by atoms with Gasteiger partial charge in [0.15, 0.2) is 0 Å². The molecule has 0 radical (unpaired) electrons. The van der Waals surface area contributed by atoms with E-state index in [2.05, 4.69) is 4.90 Å². The maximum Gasteiger partial charge on any atom is 0.239 e. The summed E-state index contributed by atoms with van der Waals surface area (Å²) in [7, 11) is 0. The van der Waals surface area contributed by atoms with Gasteiger partial charge in [0.05, 0.1) is 6.04 Å². The Hall–Kier alpha value is -0.610. The molecule has 4 heteroatoms. The number of amides is 1. The van der Waals surface area contributed by atoms with Gasteiger partial charge in [0.25, 0.3) is 0 Å². The number of nitrogens with zero attached hydrogens (tertiary/aromatic N) is 2. The molecule has 0 aromatic heterocycles. The van der Waals surface area contributed by atoms with Gasteiger partial charge in [-0.05, 0) is 52.6 Å². The van der Waals surface area contributed by atoms with E-state index in [0.29, 0.717) is 5.92 Å². The van der Waals surface area contributed by atoms with Crippen LogP contribution in [0.15, 0.2) is 0 Å². The van der Waals surface area contributed by atoms with Crippen molar-refractivity contribution in [3.05, 3.63) is 0 Å². The Labute approximate surface area is 105 Å². The average molecular weight is 241 g/mol. The molecule has 1 amide bonds. The van der Waals surface area contributed by atoms with Crippen molar-refractivity contribution in [3.8, 4) is 0 Å². The van der Waals surface area contributed by atoms with E-state index >= 15 is 0 Å². The average Bonchev–Trinajstić information content (AvgIpc) is 2.78. The number of rotatable bonds is 6. The van der Waals surface area contributed by atoms with Crippen molar-refractivity contribution in [2.24, 2.45) is 11.7 Å². The van der Waals surface area contributed by atoms with Gasteiger partial charge in [0, 0.05) is 19.6 Å². The van der Waals surface area contributed by atoms with Gasteiger partial charge in [0.2, 0.25) is 5.91 Å². The Morgan fingerprint density at radius 2 is 2.12 bits per heavy atom. The Bertz CT molecular complexity index is 241. The summed E-state index contributed by atoms with van der Waals surface area (Å²) in [6.07, 6.45) is 2.27. The highest BCUT2D eigenvalue weighted by Crippen LogP contribution is 2.21. The minimum Gasteiger partial charge on any atom is -0.342 e. The van der Waals surface area contributed by atoms with Gasteiger partial charge < -0.3 is 10.6 Å². The van der Waals surface area contributed by atoms with Crippen molar-refractivity contribution in [2.75, 3.05) is 32.7 Å². The van der Waals surface area contributed by atoms with Crippen molar-refractivity contribution in [1.29, 1.82) is 0 Å². The molecule has 0 saturated carbocycles. The van der Waals surface area contributed by atoms with Crippen LogP contribution in [0.4, 0.5) is 0 Å². The lowest BCUT2D eigenvalue weighted by molar-refractivity contribution is -0.135. The maximum atomic E-state index is 12.2. The number of carbonyl (C=O) groups excluding carboxylic acids is 1. The van der Waals surface area contributed by atoms with Crippen molar-refractivity contribution in [1.82, 2.24) is 9.80 Å². The number of likely N-dealkylation sites (N-methyl/N-ethyl adjacent to an activating group) is 1. The fourth-order valence-corrected chi connectivity index (χ4v) is 2.64. The molecule has 1 fully saturated rings. The molecule has 2 unspecified atom stereocenters. The Morgan fingerprint density at radius 1 is 1.47 bits per heavy atom. The highest BCUT2D eigenvalue weighted by Gasteiger charge is 2.30. The van der Waals surface area contributed by atoms with Crippen LogP contribution < -0.4 is 5.73 Å². The molecule has 0 aliphatic carbocycles. The molecular formula is C13H27N3O. The predicted molar refractivity (Wildman–Crippen MR) is 70.7 cm³/mol. The third-order valence-corrected chi connectivity index (χ3v) is 3.87. The van der Waals surface area contributed by atoms with Crippen LogP contribution in [0.25, 0.3) is 0 Å². The molecule has 0 aromatic rings. The summed E-state index contributed by atoms with van der Waals surface area (Å²) in [4.78, 5) is 16.4. The molecule has 1 aliphatic rings. The number of hydrogen-bond donors (Lipinski definition) is 1. The lowest BCUT2D eigenvalue weighted by Gasteiger charge is -2.29. The second-order valence-electron chi connectivity index (χ2n) is 4.91. The summed E-state index contributed by atoms with van der Waals surface area (Å²) < 4.78 is 0. The van der Waals surface area contributed by atoms with Crippen LogP contribution in [0, 0.1) is 5.92 Å². The standard InChI is InChI=1S/C13H27N3O/c1-4-15(5-2)13(17)11(3)16-9-7-12(10-16)6-8-14/h11-12H,4-10,14H2,1-3H3. The molecule has 1 saturated heterocycles. The minimum atomic E-state index is 0.0256. The van der Waals surface area contributed by atoms with E-state index in [1.807, 2.05) is 25.7 Å². The first kappa shape index (κ1) is 14.5. The van der Waals surface area contributed by atoms with E-state index < -0.39 is 0 Å². The van der Waals surface area contributed by atoms with E-state index in [0.717, 1.165) is 39.1 Å². The molecular weight excluding hydrogens is 214 g/mol. The monoisotopic (exact) mass is 241 g/mol. The lowest BCUT2D eigenvalue weighted by Crippen LogP contribution is -2.46. The van der Waals surface area contributed by atoms with E-state index in [9.17, 15) is 4.79 Å². The SMILES string of the molecule is CCN(CC)C(=O)C(C)N1CCC(CCN)C1. The summed E-state index contributed by atoms with van der Waals surface area (Å²) in [5.74, 6) is 0.954. The molecule has 17 heavy (non-hydrogen) atoms. The van der Waals surface area contributed by atoms with Gasteiger partial charge in [-0.25, -0.2) is 0 Å². The number of likely N-dealkylation sites (tertiary alicyclic amines) is 1. The van der Waals surface area contributed by atoms with Gasteiger partial charge in [0.1, 0.15) is 0 Å². The Morgan fingerprint density at radius 3 is 2.65 bits per heavy atom. The zero-order valence-corrected chi connectivity index (χ0v) is 11.5. The molecule has 2 atom stereocenters. The largest absolute Gasteiger partial charge is 0.342 e. The van der Waals surface area contributed by atoms with Gasteiger partial charge in [-0.3, -0.25) is 9.69 Å². The molecule has 100 valence electrons. The van der Waals surface area contributed by atoms with Crippen LogP contribution >= 0.6 is 0 Å². The van der Waals surface area contributed by atoms with Crippen LogP contribution in [0.5, 0.6) is 0 Å². The van der Waals surface area contributed by atoms with Gasteiger partial charge >= 0.3 is 0 Å². The molecule has 0 spiro atoms. The summed E-state index contributed by atoms with van der Waals surface area (Å²) in [5.41, 5.74) is 5.59. The molecule has 1 aliphatic heterocycles. The van der Waals surface area contributed by atoms with E-state index in [-0.39, 0.29) is 11.9 Å². The Kier molecular flexibility index (Phi) is 5.92. The van der Waals surface area contributed by atoms with Crippen molar-refractivity contribution in [2.45, 2.75) is 39.7 Å².